The molecule has 0 saturated carbocycles. The Hall–Kier alpha value is -1.75. The minimum Gasteiger partial charge on any atom is -0.307 e. The summed E-state index contributed by atoms with van der Waals surface area (Å²) in [4.78, 5) is 0. The van der Waals surface area contributed by atoms with E-state index in [1.54, 1.807) is 0 Å². The fourth-order valence-corrected chi connectivity index (χ4v) is 2.39. The molecule has 0 saturated heterocycles. The summed E-state index contributed by atoms with van der Waals surface area (Å²) in [5, 5.41) is 7.58. The van der Waals surface area contributed by atoms with E-state index >= 15 is 0 Å². The standard InChI is InChI=1S/C16H21F2N3/c1-4-21-10-13(9-19-21)12(3)20-11(2)8-14-15(17)6-5-7-16(14)18/h5-7,9-12,20H,4,8H2,1-3H3. The van der Waals surface area contributed by atoms with E-state index < -0.39 is 11.6 Å². The highest BCUT2D eigenvalue weighted by molar-refractivity contribution is 5.21. The van der Waals surface area contributed by atoms with Crippen LogP contribution in [0.15, 0.2) is 30.6 Å². The third kappa shape index (κ3) is 3.88. The van der Waals surface area contributed by atoms with Crippen LogP contribution in [0.5, 0.6) is 0 Å². The minimum absolute atomic E-state index is 0.0450. The van der Waals surface area contributed by atoms with Crippen LogP contribution in [0, 0.1) is 11.6 Å². The Kier molecular flexibility index (Phi) is 5.07. The monoisotopic (exact) mass is 293 g/mol. The lowest BCUT2D eigenvalue weighted by Gasteiger charge is -2.19. The van der Waals surface area contributed by atoms with Gasteiger partial charge >= 0.3 is 0 Å². The largest absolute Gasteiger partial charge is 0.307 e. The highest BCUT2D eigenvalue weighted by Gasteiger charge is 2.15. The van der Waals surface area contributed by atoms with Crippen LogP contribution in [0.1, 0.15) is 37.9 Å². The molecule has 21 heavy (non-hydrogen) atoms. The van der Waals surface area contributed by atoms with Gasteiger partial charge in [0.2, 0.25) is 0 Å². The van der Waals surface area contributed by atoms with Gasteiger partial charge in [-0.3, -0.25) is 4.68 Å². The van der Waals surface area contributed by atoms with Gasteiger partial charge in [-0.25, -0.2) is 8.78 Å². The Morgan fingerprint density at radius 3 is 2.48 bits per heavy atom. The molecule has 0 bridgehead atoms. The average Bonchev–Trinajstić information content (AvgIpc) is 2.92. The molecule has 5 heteroatoms. The maximum Gasteiger partial charge on any atom is 0.129 e. The van der Waals surface area contributed by atoms with Gasteiger partial charge in [0.1, 0.15) is 11.6 Å². The average molecular weight is 293 g/mol. The summed E-state index contributed by atoms with van der Waals surface area (Å²) < 4.78 is 29.1. The molecule has 2 aromatic rings. The molecule has 1 N–H and O–H groups in total. The number of rotatable bonds is 6. The van der Waals surface area contributed by atoms with Crippen molar-refractivity contribution < 1.29 is 8.78 Å². The van der Waals surface area contributed by atoms with Gasteiger partial charge in [-0.15, -0.1) is 0 Å². The smallest absolute Gasteiger partial charge is 0.129 e. The Balaban J connectivity index is 1.99. The predicted molar refractivity (Wildman–Crippen MR) is 79.0 cm³/mol. The lowest BCUT2D eigenvalue weighted by atomic mass is 10.0. The summed E-state index contributed by atoms with van der Waals surface area (Å²) >= 11 is 0. The lowest BCUT2D eigenvalue weighted by Crippen LogP contribution is -2.31. The maximum absolute atomic E-state index is 13.6. The first-order valence-corrected chi connectivity index (χ1v) is 7.22. The number of halogens is 2. The first-order valence-electron chi connectivity index (χ1n) is 7.22. The van der Waals surface area contributed by atoms with E-state index in [1.165, 1.54) is 18.2 Å². The van der Waals surface area contributed by atoms with Crippen LogP contribution in [0.3, 0.4) is 0 Å². The zero-order chi connectivity index (χ0) is 15.4. The van der Waals surface area contributed by atoms with E-state index in [4.69, 9.17) is 0 Å². The molecule has 2 atom stereocenters. The molecule has 2 rings (SSSR count). The van der Waals surface area contributed by atoms with Gasteiger partial charge in [-0.05, 0) is 39.3 Å². The van der Waals surface area contributed by atoms with Crippen molar-refractivity contribution in [3.63, 3.8) is 0 Å². The molecule has 3 nitrogen and oxygen atoms in total. The van der Waals surface area contributed by atoms with Crippen LogP contribution in [0.4, 0.5) is 8.78 Å². The molecule has 0 amide bonds. The molecular weight excluding hydrogens is 272 g/mol. The molecular formula is C16H21F2N3. The summed E-state index contributed by atoms with van der Waals surface area (Å²) in [7, 11) is 0. The third-order valence-corrected chi connectivity index (χ3v) is 3.58. The number of nitrogens with zero attached hydrogens (tertiary/aromatic N) is 2. The molecule has 114 valence electrons. The van der Waals surface area contributed by atoms with Crippen molar-refractivity contribution in [3.05, 3.63) is 53.4 Å². The van der Waals surface area contributed by atoms with E-state index in [0.29, 0.717) is 6.42 Å². The quantitative estimate of drug-likeness (QED) is 0.884. The second-order valence-corrected chi connectivity index (χ2v) is 5.32. The van der Waals surface area contributed by atoms with E-state index in [-0.39, 0.29) is 17.6 Å². The Morgan fingerprint density at radius 2 is 1.90 bits per heavy atom. The number of aromatic nitrogens is 2. The van der Waals surface area contributed by atoms with Crippen LogP contribution < -0.4 is 5.32 Å². The van der Waals surface area contributed by atoms with Gasteiger partial charge in [0.25, 0.3) is 0 Å². The predicted octanol–water partition coefficient (Wildman–Crippen LogP) is 3.46. The summed E-state index contributed by atoms with van der Waals surface area (Å²) in [6.07, 6.45) is 4.11. The molecule has 1 aromatic carbocycles. The van der Waals surface area contributed by atoms with Gasteiger partial charge in [0, 0.05) is 36.0 Å². The van der Waals surface area contributed by atoms with Crippen molar-refractivity contribution in [2.24, 2.45) is 0 Å². The fraction of sp³-hybridized carbons (Fsp3) is 0.438. The van der Waals surface area contributed by atoms with E-state index in [2.05, 4.69) is 10.4 Å². The normalized spacial score (nSPS) is 14.1. The summed E-state index contributed by atoms with van der Waals surface area (Å²) in [5.41, 5.74) is 1.20. The highest BCUT2D eigenvalue weighted by atomic mass is 19.1. The molecule has 0 fully saturated rings. The zero-order valence-corrected chi connectivity index (χ0v) is 12.6. The Bertz CT molecular complexity index is 575. The van der Waals surface area contributed by atoms with Gasteiger partial charge < -0.3 is 5.32 Å². The molecule has 0 spiro atoms. The highest BCUT2D eigenvalue weighted by Crippen LogP contribution is 2.17. The molecule has 2 unspecified atom stereocenters. The third-order valence-electron chi connectivity index (χ3n) is 3.58. The molecule has 1 heterocycles. The van der Waals surface area contributed by atoms with Gasteiger partial charge in [0.15, 0.2) is 0 Å². The fourth-order valence-electron chi connectivity index (χ4n) is 2.39. The summed E-state index contributed by atoms with van der Waals surface area (Å²) in [6.45, 7) is 6.79. The van der Waals surface area contributed by atoms with Crippen molar-refractivity contribution in [1.29, 1.82) is 0 Å². The van der Waals surface area contributed by atoms with Gasteiger partial charge in [-0.2, -0.15) is 5.10 Å². The number of benzene rings is 1. The second kappa shape index (κ2) is 6.80. The summed E-state index contributed by atoms with van der Waals surface area (Å²) in [6, 6.07) is 4.00. The van der Waals surface area contributed by atoms with Gasteiger partial charge in [0.05, 0.1) is 6.20 Å². The number of aryl methyl sites for hydroxylation is 1. The molecule has 0 aliphatic rings. The van der Waals surface area contributed by atoms with Crippen molar-refractivity contribution in [2.75, 3.05) is 0 Å². The Morgan fingerprint density at radius 1 is 1.24 bits per heavy atom. The van der Waals surface area contributed by atoms with E-state index in [0.717, 1.165) is 12.1 Å². The van der Waals surface area contributed by atoms with E-state index in [9.17, 15) is 8.78 Å². The van der Waals surface area contributed by atoms with Crippen LogP contribution in [0.25, 0.3) is 0 Å². The first-order chi connectivity index (χ1) is 10.0. The van der Waals surface area contributed by atoms with Gasteiger partial charge in [-0.1, -0.05) is 6.07 Å². The minimum atomic E-state index is -0.491. The van der Waals surface area contributed by atoms with Crippen LogP contribution in [-0.4, -0.2) is 15.8 Å². The maximum atomic E-state index is 13.6. The van der Waals surface area contributed by atoms with Crippen LogP contribution in [0.2, 0.25) is 0 Å². The molecule has 0 aliphatic carbocycles. The molecule has 1 aromatic heterocycles. The number of hydrogen-bond donors (Lipinski definition) is 1. The van der Waals surface area contributed by atoms with Crippen LogP contribution in [-0.2, 0) is 13.0 Å². The topological polar surface area (TPSA) is 29.9 Å². The first kappa shape index (κ1) is 15.6. The Labute approximate surface area is 124 Å². The van der Waals surface area contributed by atoms with Crippen molar-refractivity contribution in [2.45, 2.75) is 45.8 Å². The number of nitrogens with one attached hydrogen (secondary N) is 1. The van der Waals surface area contributed by atoms with Crippen molar-refractivity contribution in [3.8, 4) is 0 Å². The molecule has 0 radical (unpaired) electrons. The second-order valence-electron chi connectivity index (χ2n) is 5.32. The SMILES string of the molecule is CCn1cc(C(C)NC(C)Cc2c(F)cccc2F)cn1. The zero-order valence-electron chi connectivity index (χ0n) is 12.6. The van der Waals surface area contributed by atoms with Crippen molar-refractivity contribution in [1.82, 2.24) is 15.1 Å². The summed E-state index contributed by atoms with van der Waals surface area (Å²) in [5.74, 6) is -0.981. The van der Waals surface area contributed by atoms with Crippen molar-refractivity contribution >= 4 is 0 Å². The number of hydrogen-bond acceptors (Lipinski definition) is 2. The van der Waals surface area contributed by atoms with E-state index in [1.807, 2.05) is 37.8 Å². The van der Waals surface area contributed by atoms with Crippen LogP contribution >= 0.6 is 0 Å². The lowest BCUT2D eigenvalue weighted by molar-refractivity contribution is 0.457. The molecule has 0 aliphatic heterocycles.